The molecule has 4 heteroatoms. The number of hydrogen-bond acceptors (Lipinski definition) is 3. The minimum absolute atomic E-state index is 0.249. The highest BCUT2D eigenvalue weighted by molar-refractivity contribution is 5.86. The van der Waals surface area contributed by atoms with Gasteiger partial charge in [-0.25, -0.2) is 5.84 Å². The van der Waals surface area contributed by atoms with Crippen molar-refractivity contribution < 1.29 is 9.53 Å². The molecular formula is C8H14N2O2. The molecule has 1 aliphatic rings. The van der Waals surface area contributed by atoms with Crippen molar-refractivity contribution in [3.63, 3.8) is 0 Å². The second-order valence-electron chi connectivity index (χ2n) is 2.82. The van der Waals surface area contributed by atoms with Gasteiger partial charge in [-0.15, -0.1) is 0 Å². The fraction of sp³-hybridized carbons (Fsp3) is 0.625. The van der Waals surface area contributed by atoms with Gasteiger partial charge in [0, 0.05) is 19.3 Å². The van der Waals surface area contributed by atoms with E-state index in [4.69, 9.17) is 10.6 Å². The Morgan fingerprint density at radius 1 is 1.50 bits per heavy atom. The molecule has 0 spiro atoms. The van der Waals surface area contributed by atoms with Crippen molar-refractivity contribution in [3.05, 3.63) is 12.2 Å². The Morgan fingerprint density at radius 3 is 2.75 bits per heavy atom. The zero-order valence-electron chi connectivity index (χ0n) is 6.95. The molecule has 1 amide bonds. The molecule has 0 aromatic carbocycles. The molecule has 0 radical (unpaired) electrons. The Hall–Kier alpha value is -0.870. The first-order valence-corrected chi connectivity index (χ1v) is 4.09. The van der Waals surface area contributed by atoms with E-state index in [0.29, 0.717) is 5.92 Å². The maximum Gasteiger partial charge on any atom is 0.257 e. The van der Waals surface area contributed by atoms with E-state index in [1.165, 1.54) is 6.08 Å². The minimum Gasteiger partial charge on any atom is -0.381 e. The molecule has 68 valence electrons. The topological polar surface area (TPSA) is 64.3 Å². The molecular weight excluding hydrogens is 156 g/mol. The van der Waals surface area contributed by atoms with E-state index in [1.807, 2.05) is 11.5 Å². The minimum atomic E-state index is -0.249. The number of ether oxygens (including phenoxy) is 1. The summed E-state index contributed by atoms with van der Waals surface area (Å²) in [7, 11) is 0. The third kappa shape index (κ3) is 3.02. The number of carbonyl (C=O) groups is 1. The van der Waals surface area contributed by atoms with Crippen LogP contribution in [0.15, 0.2) is 12.2 Å². The van der Waals surface area contributed by atoms with Crippen LogP contribution < -0.4 is 11.3 Å². The lowest BCUT2D eigenvalue weighted by atomic mass is 10.00. The molecule has 12 heavy (non-hydrogen) atoms. The summed E-state index contributed by atoms with van der Waals surface area (Å²) in [6, 6.07) is 0. The van der Waals surface area contributed by atoms with Crippen LogP contribution in [-0.4, -0.2) is 19.1 Å². The molecule has 0 unspecified atom stereocenters. The molecule has 1 saturated heterocycles. The molecule has 0 aromatic rings. The number of hydrazine groups is 1. The van der Waals surface area contributed by atoms with Gasteiger partial charge in [-0.2, -0.15) is 0 Å². The van der Waals surface area contributed by atoms with Crippen LogP contribution in [0.4, 0.5) is 0 Å². The largest absolute Gasteiger partial charge is 0.381 e. The van der Waals surface area contributed by atoms with Gasteiger partial charge >= 0.3 is 0 Å². The third-order valence-corrected chi connectivity index (χ3v) is 1.93. The Kier molecular flexibility index (Phi) is 3.76. The summed E-state index contributed by atoms with van der Waals surface area (Å²) in [6.07, 6.45) is 5.36. The normalized spacial score (nSPS) is 19.8. The number of allylic oxidation sites excluding steroid dienone is 1. The molecule has 3 N–H and O–H groups in total. The van der Waals surface area contributed by atoms with E-state index in [-0.39, 0.29) is 5.91 Å². The molecule has 0 aliphatic carbocycles. The maximum atomic E-state index is 10.7. The number of hydrogen-bond donors (Lipinski definition) is 2. The van der Waals surface area contributed by atoms with Crippen LogP contribution in [0.25, 0.3) is 0 Å². The van der Waals surface area contributed by atoms with Crippen LogP contribution in [0.2, 0.25) is 0 Å². The Morgan fingerprint density at radius 2 is 2.17 bits per heavy atom. The van der Waals surface area contributed by atoms with Crippen LogP contribution in [-0.2, 0) is 9.53 Å². The van der Waals surface area contributed by atoms with Gasteiger partial charge in [-0.1, -0.05) is 6.08 Å². The van der Waals surface area contributed by atoms with Gasteiger partial charge in [-0.05, 0) is 18.8 Å². The fourth-order valence-corrected chi connectivity index (χ4v) is 1.18. The van der Waals surface area contributed by atoms with Gasteiger partial charge < -0.3 is 4.74 Å². The summed E-state index contributed by atoms with van der Waals surface area (Å²) >= 11 is 0. The Balaban J connectivity index is 2.28. The van der Waals surface area contributed by atoms with Gasteiger partial charge in [0.25, 0.3) is 5.91 Å². The molecule has 0 saturated carbocycles. The summed E-state index contributed by atoms with van der Waals surface area (Å²) in [5.41, 5.74) is 2.05. The molecule has 1 heterocycles. The van der Waals surface area contributed by atoms with Crippen LogP contribution in [0.3, 0.4) is 0 Å². The van der Waals surface area contributed by atoms with Crippen LogP contribution in [0.1, 0.15) is 12.8 Å². The first kappa shape index (κ1) is 9.22. The van der Waals surface area contributed by atoms with Crippen molar-refractivity contribution in [2.24, 2.45) is 11.8 Å². The molecule has 0 atom stereocenters. The first-order chi connectivity index (χ1) is 5.83. The van der Waals surface area contributed by atoms with Crippen molar-refractivity contribution in [1.82, 2.24) is 5.43 Å². The standard InChI is InChI=1S/C8H14N2O2/c9-10-8(11)2-1-7-3-5-12-6-4-7/h1-2,7H,3-6,9H2,(H,10,11)/b2-1+. The van der Waals surface area contributed by atoms with E-state index in [0.717, 1.165) is 26.1 Å². The van der Waals surface area contributed by atoms with E-state index in [9.17, 15) is 4.79 Å². The number of carbonyl (C=O) groups excluding carboxylic acids is 1. The lowest BCUT2D eigenvalue weighted by molar-refractivity contribution is -0.116. The third-order valence-electron chi connectivity index (χ3n) is 1.93. The molecule has 4 nitrogen and oxygen atoms in total. The second-order valence-corrected chi connectivity index (χ2v) is 2.82. The molecule has 0 bridgehead atoms. The molecule has 1 aliphatic heterocycles. The lowest BCUT2D eigenvalue weighted by Crippen LogP contribution is -2.28. The van der Waals surface area contributed by atoms with Crippen molar-refractivity contribution in [3.8, 4) is 0 Å². The average molecular weight is 170 g/mol. The summed E-state index contributed by atoms with van der Waals surface area (Å²) in [4.78, 5) is 10.7. The summed E-state index contributed by atoms with van der Waals surface area (Å²) in [5.74, 6) is 5.13. The van der Waals surface area contributed by atoms with Gasteiger partial charge in [0.15, 0.2) is 0 Å². The monoisotopic (exact) mass is 170 g/mol. The second kappa shape index (κ2) is 4.90. The predicted molar refractivity (Wildman–Crippen MR) is 45.0 cm³/mol. The van der Waals surface area contributed by atoms with E-state index in [2.05, 4.69) is 0 Å². The zero-order valence-corrected chi connectivity index (χ0v) is 6.95. The van der Waals surface area contributed by atoms with Crippen molar-refractivity contribution in [2.45, 2.75) is 12.8 Å². The molecule has 1 fully saturated rings. The average Bonchev–Trinajstić information content (AvgIpc) is 2.16. The van der Waals surface area contributed by atoms with E-state index >= 15 is 0 Å². The summed E-state index contributed by atoms with van der Waals surface area (Å²) in [5, 5.41) is 0. The number of amides is 1. The predicted octanol–water partition coefficient (Wildman–Crippen LogP) is -0.0409. The van der Waals surface area contributed by atoms with Gasteiger partial charge in [0.1, 0.15) is 0 Å². The van der Waals surface area contributed by atoms with E-state index < -0.39 is 0 Å². The molecule has 0 aromatic heterocycles. The lowest BCUT2D eigenvalue weighted by Gasteiger charge is -2.18. The fourth-order valence-electron chi connectivity index (χ4n) is 1.18. The van der Waals surface area contributed by atoms with Crippen molar-refractivity contribution >= 4 is 5.91 Å². The van der Waals surface area contributed by atoms with Crippen LogP contribution in [0.5, 0.6) is 0 Å². The first-order valence-electron chi connectivity index (χ1n) is 4.09. The highest BCUT2D eigenvalue weighted by Crippen LogP contribution is 2.15. The Bertz CT molecular complexity index is 174. The zero-order chi connectivity index (χ0) is 8.81. The smallest absolute Gasteiger partial charge is 0.257 e. The quantitative estimate of drug-likeness (QED) is 0.264. The summed E-state index contributed by atoms with van der Waals surface area (Å²) in [6.45, 7) is 1.58. The molecule has 1 rings (SSSR count). The maximum absolute atomic E-state index is 10.7. The summed E-state index contributed by atoms with van der Waals surface area (Å²) < 4.78 is 5.17. The van der Waals surface area contributed by atoms with Gasteiger partial charge in [0.05, 0.1) is 0 Å². The van der Waals surface area contributed by atoms with E-state index in [1.54, 1.807) is 0 Å². The van der Waals surface area contributed by atoms with Crippen molar-refractivity contribution in [1.29, 1.82) is 0 Å². The van der Waals surface area contributed by atoms with Crippen molar-refractivity contribution in [2.75, 3.05) is 13.2 Å². The number of nitrogens with two attached hydrogens (primary N) is 1. The highest BCUT2D eigenvalue weighted by Gasteiger charge is 2.10. The highest BCUT2D eigenvalue weighted by atomic mass is 16.5. The Labute approximate surface area is 71.7 Å². The SMILES string of the molecule is NNC(=O)/C=C/C1CCOCC1. The van der Waals surface area contributed by atoms with Gasteiger partial charge in [0.2, 0.25) is 0 Å². The van der Waals surface area contributed by atoms with Crippen LogP contribution in [0, 0.1) is 5.92 Å². The van der Waals surface area contributed by atoms with Crippen LogP contribution >= 0.6 is 0 Å². The van der Waals surface area contributed by atoms with Gasteiger partial charge in [-0.3, -0.25) is 10.2 Å². The number of nitrogens with one attached hydrogen (secondary N) is 1. The number of rotatable bonds is 2.